The standard InChI is InChI=1S/C23H29N7O3/c1-15-11-24-20(10-18(15)25-17-5-6-17)27-23(33)29(3)21-7-4-16(19(14-31)26-21)12-30-9-8-28(2)13-22(30)32/h4,7,10-11,14,17H,5-6,8-9,12-13H2,1-3H3,(H2,24,25,27,33). The van der Waals surface area contributed by atoms with Gasteiger partial charge in [-0.05, 0) is 38.4 Å². The van der Waals surface area contributed by atoms with Crippen LogP contribution in [0.2, 0.25) is 0 Å². The lowest BCUT2D eigenvalue weighted by Crippen LogP contribution is -2.48. The normalized spacial score (nSPS) is 16.5. The highest BCUT2D eigenvalue weighted by Gasteiger charge is 2.24. The molecule has 0 radical (unpaired) electrons. The van der Waals surface area contributed by atoms with Gasteiger partial charge in [-0.1, -0.05) is 6.07 Å². The third-order valence-electron chi connectivity index (χ3n) is 5.90. The second kappa shape index (κ2) is 9.53. The van der Waals surface area contributed by atoms with Crippen LogP contribution in [0.4, 0.5) is 22.1 Å². The number of anilines is 3. The van der Waals surface area contributed by atoms with Crippen molar-refractivity contribution in [3.8, 4) is 0 Å². The Morgan fingerprint density at radius 3 is 2.79 bits per heavy atom. The molecule has 1 saturated heterocycles. The van der Waals surface area contributed by atoms with E-state index in [9.17, 15) is 14.4 Å². The van der Waals surface area contributed by atoms with E-state index in [4.69, 9.17) is 0 Å². The molecule has 0 aromatic carbocycles. The van der Waals surface area contributed by atoms with Gasteiger partial charge in [0.15, 0.2) is 6.29 Å². The average Bonchev–Trinajstić information content (AvgIpc) is 3.61. The number of carbonyl (C=O) groups is 3. The Kier molecular flexibility index (Phi) is 6.55. The molecular weight excluding hydrogens is 422 g/mol. The molecule has 0 spiro atoms. The van der Waals surface area contributed by atoms with E-state index in [-0.39, 0.29) is 11.6 Å². The summed E-state index contributed by atoms with van der Waals surface area (Å²) in [5, 5.41) is 6.21. The van der Waals surface area contributed by atoms with Crippen LogP contribution < -0.4 is 15.5 Å². The maximum atomic E-state index is 12.8. The number of aromatic nitrogens is 2. The Morgan fingerprint density at radius 1 is 1.30 bits per heavy atom. The molecule has 1 saturated carbocycles. The first kappa shape index (κ1) is 22.7. The Bertz CT molecular complexity index is 1070. The van der Waals surface area contributed by atoms with Crippen molar-refractivity contribution < 1.29 is 14.4 Å². The van der Waals surface area contributed by atoms with Crippen LogP contribution in [0, 0.1) is 6.92 Å². The Morgan fingerprint density at radius 2 is 2.09 bits per heavy atom. The number of hydrogen-bond donors (Lipinski definition) is 2. The molecule has 3 amide bonds. The monoisotopic (exact) mass is 451 g/mol. The smallest absolute Gasteiger partial charge is 0.328 e. The Balaban J connectivity index is 1.44. The largest absolute Gasteiger partial charge is 0.382 e. The number of nitrogens with one attached hydrogen (secondary N) is 2. The van der Waals surface area contributed by atoms with Crippen LogP contribution in [0.25, 0.3) is 0 Å². The van der Waals surface area contributed by atoms with Gasteiger partial charge in [0, 0.05) is 56.2 Å². The highest BCUT2D eigenvalue weighted by molar-refractivity contribution is 6.00. The molecule has 174 valence electrons. The number of likely N-dealkylation sites (N-methyl/N-ethyl adjacent to an activating group) is 1. The van der Waals surface area contributed by atoms with Crippen LogP contribution in [0.15, 0.2) is 24.4 Å². The summed E-state index contributed by atoms with van der Waals surface area (Å²) >= 11 is 0. The number of aryl methyl sites for hydroxylation is 1. The van der Waals surface area contributed by atoms with Crippen LogP contribution in [-0.4, -0.2) is 77.8 Å². The van der Waals surface area contributed by atoms with Gasteiger partial charge >= 0.3 is 6.03 Å². The molecule has 2 N–H and O–H groups in total. The molecule has 3 heterocycles. The maximum absolute atomic E-state index is 12.8. The minimum Gasteiger partial charge on any atom is -0.382 e. The average molecular weight is 452 g/mol. The summed E-state index contributed by atoms with van der Waals surface area (Å²) in [5.74, 6) is 0.773. The number of aldehydes is 1. The van der Waals surface area contributed by atoms with Crippen LogP contribution >= 0.6 is 0 Å². The lowest BCUT2D eigenvalue weighted by Gasteiger charge is -2.32. The predicted molar refractivity (Wildman–Crippen MR) is 126 cm³/mol. The van der Waals surface area contributed by atoms with Crippen molar-refractivity contribution >= 4 is 35.5 Å². The summed E-state index contributed by atoms with van der Waals surface area (Å²) in [6, 6.07) is 5.30. The topological polar surface area (TPSA) is 111 Å². The Hall–Kier alpha value is -3.53. The van der Waals surface area contributed by atoms with E-state index in [0.717, 1.165) is 30.6 Å². The summed E-state index contributed by atoms with van der Waals surface area (Å²) in [5.41, 5.74) is 2.83. The molecule has 0 bridgehead atoms. The number of amides is 3. The SMILES string of the molecule is Cc1cnc(NC(=O)N(C)c2ccc(CN3CCN(C)CC3=O)c(C=O)n2)cc1NC1CC1. The molecule has 2 fully saturated rings. The third kappa shape index (κ3) is 5.46. The molecule has 0 unspecified atom stereocenters. The molecule has 10 heteroatoms. The summed E-state index contributed by atoms with van der Waals surface area (Å²) in [4.78, 5) is 50.4. The molecule has 10 nitrogen and oxygen atoms in total. The quantitative estimate of drug-likeness (QED) is 0.620. The van der Waals surface area contributed by atoms with Crippen LogP contribution in [0.3, 0.4) is 0 Å². The molecule has 0 atom stereocenters. The first-order valence-electron chi connectivity index (χ1n) is 11.0. The van der Waals surface area contributed by atoms with E-state index < -0.39 is 6.03 Å². The number of carbonyl (C=O) groups excluding carboxylic acids is 3. The summed E-state index contributed by atoms with van der Waals surface area (Å²) in [6.45, 7) is 4.02. The fourth-order valence-corrected chi connectivity index (χ4v) is 3.61. The predicted octanol–water partition coefficient (Wildman–Crippen LogP) is 2.11. The highest BCUT2D eigenvalue weighted by atomic mass is 16.2. The maximum Gasteiger partial charge on any atom is 0.328 e. The van der Waals surface area contributed by atoms with E-state index in [0.29, 0.717) is 49.2 Å². The number of rotatable bonds is 7. The van der Waals surface area contributed by atoms with Crippen molar-refractivity contribution in [2.45, 2.75) is 32.4 Å². The van der Waals surface area contributed by atoms with Crippen molar-refractivity contribution in [3.05, 3.63) is 41.2 Å². The van der Waals surface area contributed by atoms with Gasteiger partial charge in [-0.2, -0.15) is 0 Å². The summed E-state index contributed by atoms with van der Waals surface area (Å²) in [6.07, 6.45) is 4.67. The minimum atomic E-state index is -0.421. The van der Waals surface area contributed by atoms with E-state index in [1.54, 1.807) is 30.3 Å². The van der Waals surface area contributed by atoms with Gasteiger partial charge in [0.2, 0.25) is 5.91 Å². The van der Waals surface area contributed by atoms with E-state index in [1.165, 1.54) is 4.90 Å². The molecule has 2 aromatic rings. The number of nitrogens with zero attached hydrogens (tertiary/aromatic N) is 5. The number of pyridine rings is 2. The lowest BCUT2D eigenvalue weighted by atomic mass is 10.1. The van der Waals surface area contributed by atoms with Crippen molar-refractivity contribution in [2.24, 2.45) is 0 Å². The minimum absolute atomic E-state index is 0.0160. The van der Waals surface area contributed by atoms with Crippen molar-refractivity contribution in [1.29, 1.82) is 0 Å². The van der Waals surface area contributed by atoms with Crippen LogP contribution in [-0.2, 0) is 11.3 Å². The van der Waals surface area contributed by atoms with E-state index >= 15 is 0 Å². The number of piperazine rings is 1. The van der Waals surface area contributed by atoms with Crippen molar-refractivity contribution in [1.82, 2.24) is 19.8 Å². The fraction of sp³-hybridized carbons (Fsp3) is 0.435. The highest BCUT2D eigenvalue weighted by Crippen LogP contribution is 2.27. The fourth-order valence-electron chi connectivity index (χ4n) is 3.61. The third-order valence-corrected chi connectivity index (χ3v) is 5.90. The first-order valence-corrected chi connectivity index (χ1v) is 11.0. The zero-order valence-corrected chi connectivity index (χ0v) is 19.2. The van der Waals surface area contributed by atoms with Gasteiger partial charge in [0.25, 0.3) is 0 Å². The van der Waals surface area contributed by atoms with Crippen LogP contribution in [0.1, 0.15) is 34.5 Å². The summed E-state index contributed by atoms with van der Waals surface area (Å²) < 4.78 is 0. The molecule has 1 aliphatic carbocycles. The molecular formula is C23H29N7O3. The van der Waals surface area contributed by atoms with Gasteiger partial charge in [-0.3, -0.25) is 24.7 Å². The second-order valence-corrected chi connectivity index (χ2v) is 8.68. The van der Waals surface area contributed by atoms with Gasteiger partial charge < -0.3 is 10.2 Å². The molecule has 4 rings (SSSR count). The van der Waals surface area contributed by atoms with Gasteiger partial charge in [0.1, 0.15) is 17.3 Å². The lowest BCUT2D eigenvalue weighted by molar-refractivity contribution is -0.136. The molecule has 33 heavy (non-hydrogen) atoms. The Labute approximate surface area is 193 Å². The van der Waals surface area contributed by atoms with Gasteiger partial charge in [-0.15, -0.1) is 0 Å². The van der Waals surface area contributed by atoms with E-state index in [2.05, 4.69) is 20.6 Å². The second-order valence-electron chi connectivity index (χ2n) is 8.68. The van der Waals surface area contributed by atoms with Crippen molar-refractivity contribution in [2.75, 3.05) is 49.3 Å². The number of urea groups is 1. The van der Waals surface area contributed by atoms with Crippen LogP contribution in [0.5, 0.6) is 0 Å². The zero-order chi connectivity index (χ0) is 23.5. The van der Waals surface area contributed by atoms with E-state index in [1.807, 2.05) is 24.9 Å². The first-order chi connectivity index (χ1) is 15.8. The molecule has 2 aromatic heterocycles. The summed E-state index contributed by atoms with van der Waals surface area (Å²) in [7, 11) is 3.48. The number of hydrogen-bond acceptors (Lipinski definition) is 7. The van der Waals surface area contributed by atoms with Gasteiger partial charge in [0.05, 0.1) is 6.54 Å². The van der Waals surface area contributed by atoms with Crippen molar-refractivity contribution in [3.63, 3.8) is 0 Å². The molecule has 1 aliphatic heterocycles. The van der Waals surface area contributed by atoms with Gasteiger partial charge in [-0.25, -0.2) is 14.8 Å². The zero-order valence-electron chi connectivity index (χ0n) is 19.2. The molecule has 2 aliphatic rings.